The van der Waals surface area contributed by atoms with E-state index in [1.54, 1.807) is 14.0 Å². The maximum atomic E-state index is 11.7. The minimum Gasteiger partial charge on any atom is -0.383 e. The third-order valence-electron chi connectivity index (χ3n) is 2.93. The lowest BCUT2D eigenvalue weighted by molar-refractivity contribution is -0.124. The standard InChI is InChI=1S/C13H27N3O3/c1-6-13(3,4)16-11(17)9-15-10(2)12(18)14-7-8-19-5/h10,15H,6-9H2,1-5H3,(H,14,18)(H,16,17). The van der Waals surface area contributed by atoms with Crippen molar-refractivity contribution < 1.29 is 14.3 Å². The highest BCUT2D eigenvalue weighted by atomic mass is 16.5. The zero-order valence-electron chi connectivity index (χ0n) is 12.6. The molecule has 0 bridgehead atoms. The van der Waals surface area contributed by atoms with E-state index in [2.05, 4.69) is 16.0 Å². The normalized spacial score (nSPS) is 12.9. The topological polar surface area (TPSA) is 79.5 Å². The van der Waals surface area contributed by atoms with Crippen LogP contribution in [0.25, 0.3) is 0 Å². The summed E-state index contributed by atoms with van der Waals surface area (Å²) in [5.41, 5.74) is -0.220. The van der Waals surface area contributed by atoms with Gasteiger partial charge in [-0.25, -0.2) is 0 Å². The van der Waals surface area contributed by atoms with Crippen molar-refractivity contribution in [1.29, 1.82) is 0 Å². The van der Waals surface area contributed by atoms with Crippen molar-refractivity contribution in [2.45, 2.75) is 45.7 Å². The van der Waals surface area contributed by atoms with E-state index in [9.17, 15) is 9.59 Å². The van der Waals surface area contributed by atoms with Crippen molar-refractivity contribution in [3.8, 4) is 0 Å². The predicted octanol–water partition coefficient (Wildman–Crippen LogP) is 0.0319. The molecule has 6 nitrogen and oxygen atoms in total. The average Bonchev–Trinajstić information content (AvgIpc) is 2.35. The monoisotopic (exact) mass is 273 g/mol. The first-order valence-corrected chi connectivity index (χ1v) is 6.63. The Kier molecular flexibility index (Phi) is 8.34. The van der Waals surface area contributed by atoms with Gasteiger partial charge in [-0.3, -0.25) is 14.9 Å². The van der Waals surface area contributed by atoms with Crippen LogP contribution in [0.3, 0.4) is 0 Å². The van der Waals surface area contributed by atoms with Gasteiger partial charge in [0, 0.05) is 19.2 Å². The number of ether oxygens (including phenoxy) is 1. The van der Waals surface area contributed by atoms with E-state index in [4.69, 9.17) is 4.74 Å². The molecule has 0 aromatic carbocycles. The maximum absolute atomic E-state index is 11.7. The van der Waals surface area contributed by atoms with Gasteiger partial charge in [-0.1, -0.05) is 6.92 Å². The number of amides is 2. The van der Waals surface area contributed by atoms with Crippen molar-refractivity contribution in [3.63, 3.8) is 0 Å². The summed E-state index contributed by atoms with van der Waals surface area (Å²) in [6.45, 7) is 8.74. The Morgan fingerprint density at radius 3 is 2.47 bits per heavy atom. The second kappa shape index (κ2) is 8.87. The summed E-state index contributed by atoms with van der Waals surface area (Å²) in [7, 11) is 1.58. The molecule has 0 aliphatic heterocycles. The summed E-state index contributed by atoms with van der Waals surface area (Å²) >= 11 is 0. The van der Waals surface area contributed by atoms with Gasteiger partial charge in [0.25, 0.3) is 0 Å². The summed E-state index contributed by atoms with van der Waals surface area (Å²) in [4.78, 5) is 23.3. The molecule has 0 aliphatic carbocycles. The van der Waals surface area contributed by atoms with E-state index in [1.807, 2.05) is 20.8 Å². The zero-order chi connectivity index (χ0) is 14.9. The van der Waals surface area contributed by atoms with Crippen LogP contribution in [-0.4, -0.2) is 50.2 Å². The van der Waals surface area contributed by atoms with Gasteiger partial charge in [0.15, 0.2) is 0 Å². The predicted molar refractivity (Wildman–Crippen MR) is 74.9 cm³/mol. The summed E-state index contributed by atoms with van der Waals surface area (Å²) < 4.78 is 4.84. The molecule has 1 unspecified atom stereocenters. The fourth-order valence-corrected chi connectivity index (χ4v) is 1.28. The molecule has 0 aromatic heterocycles. The molecule has 112 valence electrons. The Bertz CT molecular complexity index is 293. The Labute approximate surface area is 115 Å². The molecule has 0 aromatic rings. The largest absolute Gasteiger partial charge is 0.383 e. The van der Waals surface area contributed by atoms with Gasteiger partial charge in [0.05, 0.1) is 19.2 Å². The molecule has 1 atom stereocenters. The highest BCUT2D eigenvalue weighted by Gasteiger charge is 2.19. The average molecular weight is 273 g/mol. The molecule has 0 spiro atoms. The minimum atomic E-state index is -0.410. The highest BCUT2D eigenvalue weighted by molar-refractivity contribution is 5.83. The lowest BCUT2D eigenvalue weighted by Gasteiger charge is -2.25. The van der Waals surface area contributed by atoms with Crippen LogP contribution < -0.4 is 16.0 Å². The smallest absolute Gasteiger partial charge is 0.236 e. The number of hydrogen-bond acceptors (Lipinski definition) is 4. The molecule has 3 N–H and O–H groups in total. The molecule has 0 heterocycles. The third-order valence-corrected chi connectivity index (χ3v) is 2.93. The molecular weight excluding hydrogens is 246 g/mol. The minimum absolute atomic E-state index is 0.108. The van der Waals surface area contributed by atoms with E-state index in [0.29, 0.717) is 13.2 Å². The van der Waals surface area contributed by atoms with Crippen LogP contribution in [0.15, 0.2) is 0 Å². The highest BCUT2D eigenvalue weighted by Crippen LogP contribution is 2.05. The Morgan fingerprint density at radius 2 is 1.95 bits per heavy atom. The summed E-state index contributed by atoms with van der Waals surface area (Å²) in [6, 6.07) is -0.410. The van der Waals surface area contributed by atoms with Crippen LogP contribution >= 0.6 is 0 Å². The number of nitrogens with one attached hydrogen (secondary N) is 3. The van der Waals surface area contributed by atoms with Crippen LogP contribution in [0.2, 0.25) is 0 Å². The van der Waals surface area contributed by atoms with E-state index in [-0.39, 0.29) is 23.9 Å². The zero-order valence-corrected chi connectivity index (χ0v) is 12.6. The van der Waals surface area contributed by atoms with E-state index in [0.717, 1.165) is 6.42 Å². The lowest BCUT2D eigenvalue weighted by atomic mass is 10.0. The fraction of sp³-hybridized carbons (Fsp3) is 0.846. The number of carbonyl (C=O) groups is 2. The number of rotatable bonds is 9. The molecule has 0 fully saturated rings. The van der Waals surface area contributed by atoms with Crippen LogP contribution in [0.1, 0.15) is 34.1 Å². The lowest BCUT2D eigenvalue weighted by Crippen LogP contribution is -2.50. The molecule has 6 heteroatoms. The van der Waals surface area contributed by atoms with Crippen molar-refractivity contribution in [2.24, 2.45) is 0 Å². The van der Waals surface area contributed by atoms with Crippen molar-refractivity contribution in [2.75, 3.05) is 26.8 Å². The van der Waals surface area contributed by atoms with Gasteiger partial charge in [-0.2, -0.15) is 0 Å². The van der Waals surface area contributed by atoms with Crippen LogP contribution in [0, 0.1) is 0 Å². The second-order valence-electron chi connectivity index (χ2n) is 5.17. The molecule has 2 amide bonds. The SMILES string of the molecule is CCC(C)(C)NC(=O)CNC(C)C(=O)NCCOC. The van der Waals surface area contributed by atoms with E-state index >= 15 is 0 Å². The molecule has 0 aliphatic rings. The van der Waals surface area contributed by atoms with Gasteiger partial charge in [-0.15, -0.1) is 0 Å². The van der Waals surface area contributed by atoms with Crippen LogP contribution in [-0.2, 0) is 14.3 Å². The molecule has 0 saturated heterocycles. The summed E-state index contributed by atoms with van der Waals surface area (Å²) in [6.07, 6.45) is 0.853. The Balaban J connectivity index is 3.92. The molecular formula is C13H27N3O3. The number of hydrogen-bond donors (Lipinski definition) is 3. The van der Waals surface area contributed by atoms with E-state index < -0.39 is 6.04 Å². The maximum Gasteiger partial charge on any atom is 0.236 e. The Morgan fingerprint density at radius 1 is 1.32 bits per heavy atom. The first-order valence-electron chi connectivity index (χ1n) is 6.63. The van der Waals surface area contributed by atoms with Crippen molar-refractivity contribution >= 4 is 11.8 Å². The summed E-state index contributed by atoms with van der Waals surface area (Å²) in [5.74, 6) is -0.247. The number of carbonyl (C=O) groups excluding carboxylic acids is 2. The number of methoxy groups -OCH3 is 1. The first kappa shape index (κ1) is 17.9. The summed E-state index contributed by atoms with van der Waals surface area (Å²) in [5, 5.41) is 8.50. The van der Waals surface area contributed by atoms with Crippen molar-refractivity contribution in [3.05, 3.63) is 0 Å². The second-order valence-corrected chi connectivity index (χ2v) is 5.17. The van der Waals surface area contributed by atoms with Gasteiger partial charge < -0.3 is 15.4 Å². The molecule has 0 saturated carbocycles. The molecule has 19 heavy (non-hydrogen) atoms. The Hall–Kier alpha value is -1.14. The van der Waals surface area contributed by atoms with Gasteiger partial charge in [-0.05, 0) is 27.2 Å². The van der Waals surface area contributed by atoms with E-state index in [1.165, 1.54) is 0 Å². The van der Waals surface area contributed by atoms with Gasteiger partial charge >= 0.3 is 0 Å². The fourth-order valence-electron chi connectivity index (χ4n) is 1.28. The van der Waals surface area contributed by atoms with Gasteiger partial charge in [0.1, 0.15) is 0 Å². The molecule has 0 rings (SSSR count). The first-order chi connectivity index (χ1) is 8.82. The van der Waals surface area contributed by atoms with Crippen LogP contribution in [0.5, 0.6) is 0 Å². The third kappa shape index (κ3) is 8.56. The molecule has 0 radical (unpaired) electrons. The van der Waals surface area contributed by atoms with Crippen molar-refractivity contribution in [1.82, 2.24) is 16.0 Å². The van der Waals surface area contributed by atoms with Crippen LogP contribution in [0.4, 0.5) is 0 Å². The van der Waals surface area contributed by atoms with Gasteiger partial charge in [0.2, 0.25) is 11.8 Å². The quantitative estimate of drug-likeness (QED) is 0.518.